The maximum Gasteiger partial charge on any atom is 0.209 e. The van der Waals surface area contributed by atoms with Gasteiger partial charge >= 0.3 is 0 Å². The van der Waals surface area contributed by atoms with Crippen LogP contribution in [0.25, 0.3) is 11.3 Å². The second-order valence-corrected chi connectivity index (χ2v) is 6.05. The van der Waals surface area contributed by atoms with Gasteiger partial charge in [0.05, 0.1) is 12.7 Å². The van der Waals surface area contributed by atoms with Crippen LogP contribution in [-0.2, 0) is 6.54 Å². The average molecular weight is 306 g/mol. The Hall–Kier alpha value is -1.36. The Morgan fingerprint density at radius 2 is 2.19 bits per heavy atom. The lowest BCUT2D eigenvalue weighted by atomic mass is 10.2. The predicted molar refractivity (Wildman–Crippen MR) is 84.3 cm³/mol. The molecule has 1 aliphatic heterocycles. The minimum atomic E-state index is 0.598. The van der Waals surface area contributed by atoms with E-state index in [0.29, 0.717) is 6.04 Å². The lowest BCUT2D eigenvalue weighted by molar-refractivity contribution is 0.265. The van der Waals surface area contributed by atoms with E-state index in [-0.39, 0.29) is 0 Å². The van der Waals surface area contributed by atoms with E-state index in [9.17, 15) is 0 Å². The highest BCUT2D eigenvalue weighted by Crippen LogP contribution is 2.22. The molecule has 1 saturated heterocycles. The summed E-state index contributed by atoms with van der Waals surface area (Å²) in [6.45, 7) is 2.89. The van der Waals surface area contributed by atoms with E-state index in [2.05, 4.69) is 22.2 Å². The predicted octanol–water partition coefficient (Wildman–Crippen LogP) is 3.18. The van der Waals surface area contributed by atoms with Crippen LogP contribution in [0, 0.1) is 0 Å². The second kappa shape index (κ2) is 6.60. The Morgan fingerprint density at radius 3 is 2.90 bits per heavy atom. The Balaban J connectivity index is 1.60. The van der Waals surface area contributed by atoms with Crippen LogP contribution in [0.15, 0.2) is 34.9 Å². The number of oxazole rings is 1. The zero-order chi connectivity index (χ0) is 14.7. The van der Waals surface area contributed by atoms with E-state index in [1.165, 1.54) is 12.8 Å². The molecule has 0 saturated carbocycles. The molecule has 0 aliphatic carbocycles. The van der Waals surface area contributed by atoms with Crippen molar-refractivity contribution in [1.82, 2.24) is 15.2 Å². The van der Waals surface area contributed by atoms with Crippen molar-refractivity contribution < 1.29 is 4.42 Å². The molecule has 1 atom stereocenters. The highest BCUT2D eigenvalue weighted by molar-refractivity contribution is 6.30. The average Bonchev–Trinajstić information content (AvgIpc) is 3.11. The van der Waals surface area contributed by atoms with Gasteiger partial charge in [0.1, 0.15) is 0 Å². The molecule has 1 aliphatic rings. The third kappa shape index (κ3) is 3.84. The highest BCUT2D eigenvalue weighted by atomic mass is 35.5. The SMILES string of the molecule is CN(Cc1ncc(-c2ccc(Cl)cc2)o1)CC1CCCN1. The summed E-state index contributed by atoms with van der Waals surface area (Å²) in [6, 6.07) is 8.20. The third-order valence-corrected chi connectivity index (χ3v) is 4.03. The van der Waals surface area contributed by atoms with Gasteiger partial charge in [-0.2, -0.15) is 0 Å². The summed E-state index contributed by atoms with van der Waals surface area (Å²) in [6.07, 6.45) is 4.31. The van der Waals surface area contributed by atoms with Gasteiger partial charge in [-0.05, 0) is 50.7 Å². The molecular formula is C16H20ClN3O. The molecule has 5 heteroatoms. The molecule has 1 unspecified atom stereocenters. The van der Waals surface area contributed by atoms with Gasteiger partial charge in [-0.25, -0.2) is 4.98 Å². The molecule has 1 aromatic carbocycles. The van der Waals surface area contributed by atoms with Gasteiger partial charge in [-0.15, -0.1) is 0 Å². The molecule has 0 bridgehead atoms. The van der Waals surface area contributed by atoms with Crippen molar-refractivity contribution in [3.05, 3.63) is 41.4 Å². The van der Waals surface area contributed by atoms with Gasteiger partial charge in [0.25, 0.3) is 0 Å². The molecule has 21 heavy (non-hydrogen) atoms. The molecule has 0 spiro atoms. The molecule has 1 aromatic heterocycles. The molecule has 1 N–H and O–H groups in total. The zero-order valence-electron chi connectivity index (χ0n) is 12.2. The smallest absolute Gasteiger partial charge is 0.209 e. The largest absolute Gasteiger partial charge is 0.439 e. The zero-order valence-corrected chi connectivity index (χ0v) is 12.9. The minimum Gasteiger partial charge on any atom is -0.439 e. The van der Waals surface area contributed by atoms with Crippen molar-refractivity contribution in [1.29, 1.82) is 0 Å². The summed E-state index contributed by atoms with van der Waals surface area (Å²) in [5.74, 6) is 1.54. The minimum absolute atomic E-state index is 0.598. The normalized spacial score (nSPS) is 18.5. The summed E-state index contributed by atoms with van der Waals surface area (Å²) in [4.78, 5) is 6.62. The van der Waals surface area contributed by atoms with Crippen molar-refractivity contribution in [3.8, 4) is 11.3 Å². The first-order chi connectivity index (χ1) is 10.2. The number of nitrogens with one attached hydrogen (secondary N) is 1. The summed E-state index contributed by atoms with van der Waals surface area (Å²) in [5, 5.41) is 4.23. The maximum atomic E-state index is 5.90. The lowest BCUT2D eigenvalue weighted by Crippen LogP contribution is -2.34. The summed E-state index contributed by atoms with van der Waals surface area (Å²) < 4.78 is 5.83. The van der Waals surface area contributed by atoms with Gasteiger partial charge in [0.15, 0.2) is 5.76 Å². The number of halogens is 1. The molecule has 112 valence electrons. The number of hydrogen-bond donors (Lipinski definition) is 1. The third-order valence-electron chi connectivity index (χ3n) is 3.78. The van der Waals surface area contributed by atoms with Crippen molar-refractivity contribution in [2.45, 2.75) is 25.4 Å². The van der Waals surface area contributed by atoms with Gasteiger partial charge in [-0.1, -0.05) is 11.6 Å². The van der Waals surface area contributed by atoms with Gasteiger partial charge in [0.2, 0.25) is 5.89 Å². The first-order valence-corrected chi connectivity index (χ1v) is 7.71. The summed E-state index contributed by atoms with van der Waals surface area (Å²) in [7, 11) is 2.10. The van der Waals surface area contributed by atoms with Crippen molar-refractivity contribution >= 4 is 11.6 Å². The fraction of sp³-hybridized carbons (Fsp3) is 0.438. The van der Waals surface area contributed by atoms with E-state index in [1.54, 1.807) is 6.20 Å². The molecule has 0 radical (unpaired) electrons. The summed E-state index contributed by atoms with van der Waals surface area (Å²) in [5.41, 5.74) is 0.998. The van der Waals surface area contributed by atoms with Gasteiger partial charge in [0, 0.05) is 23.2 Å². The Labute approximate surface area is 130 Å². The Morgan fingerprint density at radius 1 is 1.38 bits per heavy atom. The van der Waals surface area contributed by atoms with Crippen LogP contribution in [0.4, 0.5) is 0 Å². The molecular weight excluding hydrogens is 286 g/mol. The van der Waals surface area contributed by atoms with Crippen LogP contribution >= 0.6 is 11.6 Å². The van der Waals surface area contributed by atoms with E-state index in [0.717, 1.165) is 41.9 Å². The fourth-order valence-electron chi connectivity index (χ4n) is 2.72. The van der Waals surface area contributed by atoms with Crippen LogP contribution < -0.4 is 5.32 Å². The van der Waals surface area contributed by atoms with Crippen molar-refractivity contribution in [2.75, 3.05) is 20.1 Å². The van der Waals surface area contributed by atoms with E-state index < -0.39 is 0 Å². The summed E-state index contributed by atoms with van der Waals surface area (Å²) >= 11 is 5.90. The van der Waals surface area contributed by atoms with Crippen molar-refractivity contribution in [2.24, 2.45) is 0 Å². The molecule has 4 nitrogen and oxygen atoms in total. The second-order valence-electron chi connectivity index (χ2n) is 5.62. The van der Waals surface area contributed by atoms with Crippen molar-refractivity contribution in [3.63, 3.8) is 0 Å². The topological polar surface area (TPSA) is 41.3 Å². The van der Waals surface area contributed by atoms with Crippen LogP contribution in [-0.4, -0.2) is 36.1 Å². The van der Waals surface area contributed by atoms with E-state index >= 15 is 0 Å². The fourth-order valence-corrected chi connectivity index (χ4v) is 2.84. The Kier molecular flexibility index (Phi) is 4.58. The molecule has 3 rings (SSSR count). The molecule has 1 fully saturated rings. The highest BCUT2D eigenvalue weighted by Gasteiger charge is 2.17. The number of benzene rings is 1. The number of likely N-dealkylation sites (N-methyl/N-ethyl adjacent to an activating group) is 1. The molecule has 0 amide bonds. The monoisotopic (exact) mass is 305 g/mol. The van der Waals surface area contributed by atoms with Gasteiger partial charge < -0.3 is 9.73 Å². The Bertz CT molecular complexity index is 575. The maximum absolute atomic E-state index is 5.90. The number of rotatable bonds is 5. The first-order valence-electron chi connectivity index (χ1n) is 7.33. The number of hydrogen-bond acceptors (Lipinski definition) is 4. The quantitative estimate of drug-likeness (QED) is 0.921. The number of nitrogens with zero attached hydrogens (tertiary/aromatic N) is 2. The first kappa shape index (κ1) is 14.6. The number of aromatic nitrogens is 1. The molecule has 2 heterocycles. The molecule has 2 aromatic rings. The van der Waals surface area contributed by atoms with Crippen LogP contribution in [0.2, 0.25) is 5.02 Å². The van der Waals surface area contributed by atoms with Gasteiger partial charge in [-0.3, -0.25) is 4.90 Å². The van der Waals surface area contributed by atoms with Crippen LogP contribution in [0.5, 0.6) is 0 Å². The van der Waals surface area contributed by atoms with Crippen LogP contribution in [0.3, 0.4) is 0 Å². The standard InChI is InChI=1S/C16H20ClN3O/c1-20(10-14-3-2-8-18-14)11-16-19-9-15(21-16)12-4-6-13(17)7-5-12/h4-7,9,14,18H,2-3,8,10-11H2,1H3. The van der Waals surface area contributed by atoms with E-state index in [1.807, 2.05) is 24.3 Å². The lowest BCUT2D eigenvalue weighted by Gasteiger charge is -2.19. The van der Waals surface area contributed by atoms with Crippen LogP contribution in [0.1, 0.15) is 18.7 Å². The van der Waals surface area contributed by atoms with E-state index in [4.69, 9.17) is 16.0 Å².